The molecule has 1 N–H and O–H groups in total. The van der Waals surface area contributed by atoms with E-state index in [1.54, 1.807) is 0 Å². The van der Waals surface area contributed by atoms with Crippen LogP contribution in [0.1, 0.15) is 19.8 Å². The summed E-state index contributed by atoms with van der Waals surface area (Å²) < 4.78 is 4.58. The number of hydrogen-bond acceptors (Lipinski definition) is 5. The van der Waals surface area contributed by atoms with Crippen molar-refractivity contribution in [1.29, 1.82) is 0 Å². The molecule has 0 aromatic heterocycles. The first-order chi connectivity index (χ1) is 5.20. The molecule has 0 fully saturated rings. The lowest BCUT2D eigenvalue weighted by atomic mass is 10.3. The van der Waals surface area contributed by atoms with Crippen LogP contribution in [-0.2, 0) is 9.53 Å². The Balaban J connectivity index is 3.40. The molecule has 0 aromatic rings. The van der Waals surface area contributed by atoms with E-state index in [0.717, 1.165) is 17.2 Å². The smallest absolute Gasteiger partial charge is 0.319 e. The molecule has 66 valence electrons. The molecule has 0 saturated heterocycles. The van der Waals surface area contributed by atoms with Crippen LogP contribution < -0.4 is 0 Å². The van der Waals surface area contributed by atoms with Crippen LogP contribution in [0, 0.1) is 0 Å². The number of esters is 1. The highest BCUT2D eigenvalue weighted by atomic mass is 33.1. The highest BCUT2D eigenvalue weighted by Crippen LogP contribution is 2.06. The van der Waals surface area contributed by atoms with E-state index in [9.17, 15) is 4.79 Å². The van der Waals surface area contributed by atoms with Gasteiger partial charge in [0.2, 0.25) is 6.29 Å². The van der Waals surface area contributed by atoms with Crippen LogP contribution in [0.15, 0.2) is 0 Å². The Kier molecular flexibility index (Phi) is 6.90. The minimum absolute atomic E-state index is 0.171. The van der Waals surface area contributed by atoms with E-state index in [0.29, 0.717) is 6.42 Å². The quantitative estimate of drug-likeness (QED) is 0.300. The number of aliphatic hydroxyl groups excluding tert-OH is 1. The maximum atomic E-state index is 10.7. The molecule has 0 aliphatic rings. The summed E-state index contributed by atoms with van der Waals surface area (Å²) >= 11 is 3.77. The van der Waals surface area contributed by atoms with Gasteiger partial charge in [-0.15, -0.1) is 11.7 Å². The molecular weight excluding hydrogens is 184 g/mol. The van der Waals surface area contributed by atoms with Crippen LogP contribution in [0.25, 0.3) is 0 Å². The average molecular weight is 196 g/mol. The Bertz CT molecular complexity index is 118. The first kappa shape index (κ1) is 11.1. The van der Waals surface area contributed by atoms with Gasteiger partial charge in [-0.2, -0.15) is 0 Å². The summed E-state index contributed by atoms with van der Waals surface area (Å²) in [5.74, 6) is -0.255. The molecular formula is C6H12O3S2. The molecule has 11 heavy (non-hydrogen) atoms. The second-order valence-electron chi connectivity index (χ2n) is 2.01. The number of thiol groups is 1. The van der Waals surface area contributed by atoms with Gasteiger partial charge in [0.05, 0.1) is 0 Å². The third kappa shape index (κ3) is 6.52. The monoisotopic (exact) mass is 196 g/mol. The molecule has 0 aromatic carbocycles. The van der Waals surface area contributed by atoms with Gasteiger partial charge >= 0.3 is 5.97 Å². The summed E-state index contributed by atoms with van der Waals surface area (Å²) in [6.07, 6.45) is 0.332. The van der Waals surface area contributed by atoms with Crippen LogP contribution in [-0.4, -0.2) is 23.1 Å². The predicted octanol–water partition coefficient (Wildman–Crippen LogP) is 1.23. The average Bonchev–Trinajstić information content (AvgIpc) is 1.87. The number of carbonyl (C=O) groups excluding carboxylic acids is 1. The van der Waals surface area contributed by atoms with Crippen molar-refractivity contribution < 1.29 is 14.6 Å². The molecule has 0 amide bonds. The van der Waals surface area contributed by atoms with Crippen molar-refractivity contribution in [2.45, 2.75) is 26.1 Å². The van der Waals surface area contributed by atoms with Crippen molar-refractivity contribution in [3.05, 3.63) is 0 Å². The summed E-state index contributed by atoms with van der Waals surface area (Å²) in [6.45, 7) is 1.91. The fraction of sp³-hybridized carbons (Fsp3) is 0.833. The van der Waals surface area contributed by atoms with Gasteiger partial charge < -0.3 is 9.84 Å². The third-order valence-corrected chi connectivity index (χ3v) is 1.74. The molecule has 0 heterocycles. The zero-order valence-corrected chi connectivity index (χ0v) is 8.03. The predicted molar refractivity (Wildman–Crippen MR) is 48.5 cm³/mol. The van der Waals surface area contributed by atoms with Crippen molar-refractivity contribution in [2.75, 3.05) is 5.75 Å². The minimum Gasteiger partial charge on any atom is -0.435 e. The molecule has 0 spiro atoms. The first-order valence-electron chi connectivity index (χ1n) is 3.34. The summed E-state index contributed by atoms with van der Waals surface area (Å²) in [5.41, 5.74) is 0. The number of rotatable bonds is 5. The van der Waals surface area contributed by atoms with E-state index in [1.165, 1.54) is 0 Å². The highest BCUT2D eigenvalue weighted by molar-refractivity contribution is 8.68. The topological polar surface area (TPSA) is 46.5 Å². The Labute approximate surface area is 75.3 Å². The molecule has 0 rings (SSSR count). The van der Waals surface area contributed by atoms with Crippen LogP contribution in [0.2, 0.25) is 0 Å². The summed E-state index contributed by atoms with van der Waals surface area (Å²) in [4.78, 5) is 10.7. The number of ether oxygens (including phenoxy) is 1. The molecule has 0 bridgehead atoms. The second kappa shape index (κ2) is 6.82. The normalized spacial score (nSPS) is 12.6. The third-order valence-electron chi connectivity index (χ3n) is 0.986. The molecule has 0 aliphatic heterocycles. The van der Waals surface area contributed by atoms with Gasteiger partial charge in [-0.1, -0.05) is 24.1 Å². The molecule has 3 nitrogen and oxygen atoms in total. The summed E-state index contributed by atoms with van der Waals surface area (Å²) in [6, 6.07) is 0. The lowest BCUT2D eigenvalue weighted by Crippen LogP contribution is -2.18. The standard InChI is InChI=1S/C6H12O3S2/c1-2-3-5(7)9-6(8)4-11-10/h5,7,10H,2-4H2,1H3. The fourth-order valence-electron chi connectivity index (χ4n) is 0.544. The Morgan fingerprint density at radius 2 is 2.45 bits per heavy atom. The van der Waals surface area contributed by atoms with Gasteiger partial charge in [0.15, 0.2) is 0 Å². The van der Waals surface area contributed by atoms with Crippen molar-refractivity contribution >= 4 is 28.4 Å². The van der Waals surface area contributed by atoms with E-state index in [1.807, 2.05) is 6.92 Å². The summed E-state index contributed by atoms with van der Waals surface area (Å²) in [7, 11) is 1.08. The number of aliphatic hydroxyl groups is 1. The number of hydrogen-bond donors (Lipinski definition) is 2. The van der Waals surface area contributed by atoms with Crippen LogP contribution >= 0.6 is 22.5 Å². The van der Waals surface area contributed by atoms with Crippen molar-refractivity contribution in [3.63, 3.8) is 0 Å². The zero-order chi connectivity index (χ0) is 8.69. The largest absolute Gasteiger partial charge is 0.435 e. The van der Waals surface area contributed by atoms with E-state index in [4.69, 9.17) is 5.11 Å². The minimum atomic E-state index is -0.951. The Morgan fingerprint density at radius 3 is 2.91 bits per heavy atom. The van der Waals surface area contributed by atoms with Crippen molar-refractivity contribution in [3.8, 4) is 0 Å². The van der Waals surface area contributed by atoms with E-state index in [2.05, 4.69) is 16.4 Å². The SMILES string of the molecule is CCCC(O)OC(=O)CSS. The molecule has 0 aliphatic carbocycles. The first-order valence-corrected chi connectivity index (χ1v) is 5.38. The van der Waals surface area contributed by atoms with Crippen LogP contribution in [0.4, 0.5) is 0 Å². The molecule has 1 unspecified atom stereocenters. The molecule has 0 radical (unpaired) electrons. The van der Waals surface area contributed by atoms with Gasteiger partial charge in [-0.05, 0) is 0 Å². The van der Waals surface area contributed by atoms with Crippen molar-refractivity contribution in [1.82, 2.24) is 0 Å². The zero-order valence-electron chi connectivity index (χ0n) is 6.32. The second-order valence-corrected chi connectivity index (χ2v) is 3.33. The molecule has 0 saturated carbocycles. The van der Waals surface area contributed by atoms with Gasteiger partial charge in [0.25, 0.3) is 0 Å². The molecule has 1 atom stereocenters. The lowest BCUT2D eigenvalue weighted by molar-refractivity contribution is -0.165. The molecule has 5 heteroatoms. The number of carbonyl (C=O) groups is 1. The van der Waals surface area contributed by atoms with E-state index < -0.39 is 12.3 Å². The van der Waals surface area contributed by atoms with Gasteiger partial charge in [0.1, 0.15) is 5.75 Å². The van der Waals surface area contributed by atoms with E-state index >= 15 is 0 Å². The van der Waals surface area contributed by atoms with Crippen LogP contribution in [0.3, 0.4) is 0 Å². The fourth-order valence-corrected chi connectivity index (χ4v) is 1.03. The maximum Gasteiger partial charge on any atom is 0.319 e. The lowest BCUT2D eigenvalue weighted by Gasteiger charge is -2.09. The van der Waals surface area contributed by atoms with E-state index in [-0.39, 0.29) is 5.75 Å². The van der Waals surface area contributed by atoms with Crippen molar-refractivity contribution in [2.24, 2.45) is 0 Å². The highest BCUT2D eigenvalue weighted by Gasteiger charge is 2.08. The summed E-state index contributed by atoms with van der Waals surface area (Å²) in [5, 5.41) is 8.97. The van der Waals surface area contributed by atoms with Gasteiger partial charge in [-0.3, -0.25) is 4.79 Å². The van der Waals surface area contributed by atoms with Gasteiger partial charge in [0, 0.05) is 6.42 Å². The Hall–Kier alpha value is 0.130. The Morgan fingerprint density at radius 1 is 1.82 bits per heavy atom. The van der Waals surface area contributed by atoms with Gasteiger partial charge in [-0.25, -0.2) is 0 Å². The van der Waals surface area contributed by atoms with Crippen LogP contribution in [0.5, 0.6) is 0 Å². The maximum absolute atomic E-state index is 10.7.